The zero-order valence-corrected chi connectivity index (χ0v) is 17.1. The van der Waals surface area contributed by atoms with Gasteiger partial charge in [-0.25, -0.2) is 18.2 Å². The lowest BCUT2D eigenvalue weighted by atomic mass is 10.1. The van der Waals surface area contributed by atoms with E-state index < -0.39 is 22.2 Å². The molecule has 1 atom stereocenters. The lowest BCUT2D eigenvalue weighted by molar-refractivity contribution is -0.192. The predicted octanol–water partition coefficient (Wildman–Crippen LogP) is 0.733. The number of sulfonamides is 1. The Balaban J connectivity index is 0.000000423. The van der Waals surface area contributed by atoms with Crippen molar-refractivity contribution in [3.63, 3.8) is 0 Å². The van der Waals surface area contributed by atoms with E-state index in [0.717, 1.165) is 0 Å². The van der Waals surface area contributed by atoms with Gasteiger partial charge in [-0.15, -0.1) is 0 Å². The molecule has 0 aliphatic carbocycles. The van der Waals surface area contributed by atoms with Crippen LogP contribution in [0, 0.1) is 5.92 Å². The van der Waals surface area contributed by atoms with Crippen molar-refractivity contribution in [3.05, 3.63) is 48.3 Å². The summed E-state index contributed by atoms with van der Waals surface area (Å²) in [7, 11) is -3.34. The zero-order valence-electron chi connectivity index (χ0n) is 16.3. The second-order valence-electron chi connectivity index (χ2n) is 6.67. The highest BCUT2D eigenvalue weighted by molar-refractivity contribution is 7.88. The number of carboxylic acids is 1. The molecule has 0 bridgehead atoms. The molecule has 2 aromatic heterocycles. The number of carbonyl (C=O) groups is 2. The maximum atomic E-state index is 12.1. The molecule has 0 radical (unpaired) electrons. The van der Waals surface area contributed by atoms with Crippen LogP contribution in [0.25, 0.3) is 0 Å². The lowest BCUT2D eigenvalue weighted by Crippen LogP contribution is -2.38. The third-order valence-electron chi connectivity index (χ3n) is 4.22. The second kappa shape index (κ2) is 9.87. The molecule has 3 rings (SSSR count). The maximum Gasteiger partial charge on any atom is 0.490 e. The first kappa shape index (κ1) is 24.3. The number of nitrogens with one attached hydrogen (secondary N) is 1. The highest BCUT2D eigenvalue weighted by Gasteiger charge is 2.38. The normalized spacial score (nSPS) is 17.0. The minimum absolute atomic E-state index is 0.0456. The van der Waals surface area contributed by atoms with E-state index in [2.05, 4.69) is 15.3 Å². The van der Waals surface area contributed by atoms with E-state index in [9.17, 15) is 26.4 Å². The molecule has 0 saturated carbocycles. The van der Waals surface area contributed by atoms with Crippen LogP contribution in [0.3, 0.4) is 0 Å². The number of nitrogens with zero attached hydrogens (tertiary/aromatic N) is 4. The number of aromatic nitrogens is 3. The third-order valence-corrected chi connectivity index (χ3v) is 5.44. The van der Waals surface area contributed by atoms with Gasteiger partial charge in [0.15, 0.2) is 0 Å². The first-order chi connectivity index (χ1) is 14.4. The van der Waals surface area contributed by atoms with Crippen molar-refractivity contribution < 1.29 is 36.3 Å². The smallest absolute Gasteiger partial charge is 0.475 e. The molecule has 1 unspecified atom stereocenters. The average molecular weight is 463 g/mol. The molecule has 10 nitrogen and oxygen atoms in total. The Hall–Kier alpha value is -3.00. The fraction of sp³-hybridized carbons (Fsp3) is 0.412. The molecule has 14 heteroatoms. The summed E-state index contributed by atoms with van der Waals surface area (Å²) in [6, 6.07) is 3.38. The standard InChI is InChI=1S/C15H19N5O3S.C2HF3O2/c1-24(22,23)20-10-12(9-19-6-5-17-14(19)11-20)7-18-15(21)13-3-2-4-16-8-13;3-2(4,5)1(6)7/h2-6,8,12H,7,9-11H2,1H3,(H,18,21);(H,6,7). The SMILES string of the molecule is CS(=O)(=O)N1Cc2nccn2CC(CNC(=O)c2cccnc2)C1.O=C(O)C(F)(F)F. The third kappa shape index (κ3) is 7.32. The van der Waals surface area contributed by atoms with Gasteiger partial charge >= 0.3 is 12.1 Å². The molecule has 3 heterocycles. The van der Waals surface area contributed by atoms with E-state index in [1.165, 1.54) is 16.8 Å². The molecule has 1 amide bonds. The molecular weight excluding hydrogens is 443 g/mol. The predicted molar refractivity (Wildman–Crippen MR) is 101 cm³/mol. The summed E-state index contributed by atoms with van der Waals surface area (Å²) < 4.78 is 59.0. The van der Waals surface area contributed by atoms with Gasteiger partial charge in [0.1, 0.15) is 5.82 Å². The van der Waals surface area contributed by atoms with Gasteiger partial charge in [0.25, 0.3) is 5.91 Å². The molecule has 0 saturated heterocycles. The summed E-state index contributed by atoms with van der Waals surface area (Å²) in [5.74, 6) is -2.31. The number of carboxylic acid groups (broad SMARTS) is 1. The summed E-state index contributed by atoms with van der Waals surface area (Å²) in [5, 5.41) is 9.98. The lowest BCUT2D eigenvalue weighted by Gasteiger charge is -2.22. The zero-order chi connectivity index (χ0) is 23.2. The van der Waals surface area contributed by atoms with Crippen LogP contribution < -0.4 is 5.32 Å². The van der Waals surface area contributed by atoms with Crippen LogP contribution in [0.2, 0.25) is 0 Å². The topological polar surface area (TPSA) is 134 Å². The number of pyridine rings is 1. The van der Waals surface area contributed by atoms with Gasteiger partial charge in [-0.1, -0.05) is 0 Å². The molecule has 170 valence electrons. The van der Waals surface area contributed by atoms with Crippen molar-refractivity contribution in [1.29, 1.82) is 0 Å². The van der Waals surface area contributed by atoms with Crippen LogP contribution in [0.4, 0.5) is 13.2 Å². The number of alkyl halides is 3. The Morgan fingerprint density at radius 1 is 1.29 bits per heavy atom. The Bertz CT molecular complexity index is 1010. The molecule has 2 N–H and O–H groups in total. The Kier molecular flexibility index (Phi) is 7.73. The number of carbonyl (C=O) groups excluding carboxylic acids is 1. The summed E-state index contributed by atoms with van der Waals surface area (Å²) >= 11 is 0. The summed E-state index contributed by atoms with van der Waals surface area (Å²) in [4.78, 5) is 29.2. The minimum atomic E-state index is -5.08. The van der Waals surface area contributed by atoms with Gasteiger partial charge in [-0.2, -0.15) is 17.5 Å². The van der Waals surface area contributed by atoms with Gasteiger partial charge in [0.05, 0.1) is 18.4 Å². The van der Waals surface area contributed by atoms with Crippen LogP contribution in [0.15, 0.2) is 36.9 Å². The Morgan fingerprint density at radius 3 is 2.52 bits per heavy atom. The number of hydrogen-bond donors (Lipinski definition) is 2. The highest BCUT2D eigenvalue weighted by Crippen LogP contribution is 2.17. The molecule has 31 heavy (non-hydrogen) atoms. The van der Waals surface area contributed by atoms with E-state index >= 15 is 0 Å². The highest BCUT2D eigenvalue weighted by atomic mass is 32.2. The molecule has 0 spiro atoms. The molecule has 1 aliphatic rings. The molecule has 1 aliphatic heterocycles. The number of rotatable bonds is 4. The van der Waals surface area contributed by atoms with E-state index in [4.69, 9.17) is 9.90 Å². The number of halogens is 3. The first-order valence-corrected chi connectivity index (χ1v) is 10.7. The quantitative estimate of drug-likeness (QED) is 0.683. The Labute approximate surface area is 175 Å². The summed E-state index contributed by atoms with van der Waals surface area (Å²) in [6.45, 7) is 1.57. The van der Waals surface area contributed by atoms with Crippen molar-refractivity contribution in [2.75, 3.05) is 19.3 Å². The van der Waals surface area contributed by atoms with Crippen LogP contribution in [-0.2, 0) is 27.9 Å². The van der Waals surface area contributed by atoms with Crippen LogP contribution in [0.1, 0.15) is 16.2 Å². The van der Waals surface area contributed by atoms with Gasteiger partial charge in [0, 0.05) is 50.3 Å². The molecule has 0 fully saturated rings. The first-order valence-electron chi connectivity index (χ1n) is 8.81. The maximum absolute atomic E-state index is 12.1. The monoisotopic (exact) mass is 463 g/mol. The van der Waals surface area contributed by atoms with Crippen molar-refractivity contribution in [2.24, 2.45) is 5.92 Å². The van der Waals surface area contributed by atoms with E-state index in [1.807, 2.05) is 10.8 Å². The number of aliphatic carboxylic acids is 1. The van der Waals surface area contributed by atoms with E-state index in [-0.39, 0.29) is 18.4 Å². The number of amides is 1. The van der Waals surface area contributed by atoms with E-state index in [0.29, 0.717) is 31.0 Å². The van der Waals surface area contributed by atoms with Crippen LogP contribution in [-0.4, -0.2) is 69.8 Å². The second-order valence-corrected chi connectivity index (χ2v) is 8.65. The summed E-state index contributed by atoms with van der Waals surface area (Å²) in [6.07, 6.45) is 2.70. The van der Waals surface area contributed by atoms with Gasteiger partial charge in [-0.3, -0.25) is 9.78 Å². The molecular formula is C17H20F3N5O5S. The van der Waals surface area contributed by atoms with Crippen molar-refractivity contribution in [2.45, 2.75) is 19.3 Å². The number of fused-ring (bicyclic) bond motifs is 1. The molecule has 0 aromatic carbocycles. The number of imidazole rings is 1. The van der Waals surface area contributed by atoms with Crippen LogP contribution in [0.5, 0.6) is 0 Å². The Morgan fingerprint density at radius 2 is 1.97 bits per heavy atom. The summed E-state index contributed by atoms with van der Waals surface area (Å²) in [5.41, 5.74) is 0.481. The van der Waals surface area contributed by atoms with Crippen molar-refractivity contribution in [1.82, 2.24) is 24.2 Å². The minimum Gasteiger partial charge on any atom is -0.475 e. The fourth-order valence-electron chi connectivity index (χ4n) is 2.72. The average Bonchev–Trinajstić information content (AvgIpc) is 3.03. The van der Waals surface area contributed by atoms with Gasteiger partial charge in [0.2, 0.25) is 10.0 Å². The van der Waals surface area contributed by atoms with Crippen LogP contribution >= 0.6 is 0 Å². The van der Waals surface area contributed by atoms with Gasteiger partial charge < -0.3 is 15.0 Å². The van der Waals surface area contributed by atoms with Crippen molar-refractivity contribution in [3.8, 4) is 0 Å². The fourth-order valence-corrected chi connectivity index (χ4v) is 3.55. The van der Waals surface area contributed by atoms with Gasteiger partial charge in [-0.05, 0) is 12.1 Å². The molecule has 2 aromatic rings. The van der Waals surface area contributed by atoms with E-state index in [1.54, 1.807) is 24.5 Å². The largest absolute Gasteiger partial charge is 0.490 e. The van der Waals surface area contributed by atoms with Crippen molar-refractivity contribution >= 4 is 21.9 Å². The number of hydrogen-bond acceptors (Lipinski definition) is 6.